The Morgan fingerprint density at radius 3 is 2.35 bits per heavy atom. The smallest absolute Gasteiger partial charge is 0.258 e. The minimum Gasteiger partial charge on any atom is -0.396 e. The van der Waals surface area contributed by atoms with Crippen LogP contribution in [0.3, 0.4) is 0 Å². The average Bonchev–Trinajstić information content (AvgIpc) is 2.32. The molecule has 0 saturated carbocycles. The van der Waals surface area contributed by atoms with Crippen LogP contribution in [0, 0.1) is 17.5 Å². The maximum atomic E-state index is 13.6. The third kappa shape index (κ3) is 3.03. The van der Waals surface area contributed by atoms with Crippen LogP contribution in [0.1, 0.15) is 10.4 Å². The number of nitrogens with one attached hydrogen (secondary N) is 1. The number of benzene rings is 2. The van der Waals surface area contributed by atoms with E-state index >= 15 is 0 Å². The molecule has 20 heavy (non-hydrogen) atoms. The van der Waals surface area contributed by atoms with Crippen LogP contribution in [-0.2, 0) is 0 Å². The Hall–Kier alpha value is -2.21. The van der Waals surface area contributed by atoms with E-state index < -0.39 is 34.6 Å². The van der Waals surface area contributed by atoms with Gasteiger partial charge in [0, 0.05) is 10.7 Å². The third-order valence-corrected chi connectivity index (χ3v) is 2.65. The van der Waals surface area contributed by atoms with E-state index in [1.54, 1.807) is 0 Å². The Kier molecular flexibility index (Phi) is 3.85. The Bertz CT molecular complexity index is 671. The highest BCUT2D eigenvalue weighted by atomic mass is 35.5. The van der Waals surface area contributed by atoms with Crippen LogP contribution < -0.4 is 11.1 Å². The Morgan fingerprint density at radius 1 is 1.05 bits per heavy atom. The van der Waals surface area contributed by atoms with Crippen molar-refractivity contribution in [2.24, 2.45) is 0 Å². The molecule has 0 fully saturated rings. The fourth-order valence-corrected chi connectivity index (χ4v) is 1.82. The number of hydrogen-bond acceptors (Lipinski definition) is 2. The molecule has 0 heterocycles. The molecule has 3 nitrogen and oxygen atoms in total. The molecule has 0 aliphatic rings. The molecule has 7 heteroatoms. The third-order valence-electron chi connectivity index (χ3n) is 2.43. The fourth-order valence-electron chi connectivity index (χ4n) is 1.60. The molecular weight excluding hydrogens is 293 g/mol. The van der Waals surface area contributed by atoms with Gasteiger partial charge in [0.15, 0.2) is 5.82 Å². The highest BCUT2D eigenvalue weighted by molar-refractivity contribution is 6.31. The maximum Gasteiger partial charge on any atom is 0.258 e. The lowest BCUT2D eigenvalue weighted by Gasteiger charge is -2.08. The Labute approximate surface area is 117 Å². The van der Waals surface area contributed by atoms with E-state index in [1.165, 1.54) is 6.07 Å². The highest BCUT2D eigenvalue weighted by Gasteiger charge is 2.16. The van der Waals surface area contributed by atoms with E-state index in [0.717, 1.165) is 18.2 Å². The molecule has 3 N–H and O–H groups in total. The van der Waals surface area contributed by atoms with Crippen LogP contribution >= 0.6 is 11.6 Å². The zero-order valence-corrected chi connectivity index (χ0v) is 10.6. The first-order valence-corrected chi connectivity index (χ1v) is 5.76. The SMILES string of the molecule is Nc1cc(F)cc(C(=O)Nc2cc(F)cc(Cl)c2)c1F. The summed E-state index contributed by atoms with van der Waals surface area (Å²) in [5, 5.41) is 2.26. The van der Waals surface area contributed by atoms with E-state index in [4.69, 9.17) is 17.3 Å². The van der Waals surface area contributed by atoms with Crippen molar-refractivity contribution >= 4 is 28.9 Å². The van der Waals surface area contributed by atoms with Crippen LogP contribution in [0.25, 0.3) is 0 Å². The average molecular weight is 301 g/mol. The summed E-state index contributed by atoms with van der Waals surface area (Å²) in [7, 11) is 0. The van der Waals surface area contributed by atoms with Gasteiger partial charge in [-0.25, -0.2) is 13.2 Å². The topological polar surface area (TPSA) is 55.1 Å². The normalized spacial score (nSPS) is 10.4. The molecule has 0 atom stereocenters. The highest BCUT2D eigenvalue weighted by Crippen LogP contribution is 2.21. The van der Waals surface area contributed by atoms with Gasteiger partial charge < -0.3 is 11.1 Å². The first-order chi connectivity index (χ1) is 9.36. The van der Waals surface area contributed by atoms with E-state index in [9.17, 15) is 18.0 Å². The standard InChI is InChI=1S/C13H8ClF3N2O/c14-6-1-7(15)3-9(2-6)19-13(20)10-4-8(16)5-11(18)12(10)17/h1-5H,18H2,(H,19,20). The van der Waals surface area contributed by atoms with Gasteiger partial charge in [-0.2, -0.15) is 0 Å². The second-order valence-corrected chi connectivity index (χ2v) is 4.41. The Morgan fingerprint density at radius 2 is 1.70 bits per heavy atom. The number of hydrogen-bond donors (Lipinski definition) is 2. The number of anilines is 2. The van der Waals surface area contributed by atoms with Crippen LogP contribution in [0.2, 0.25) is 5.02 Å². The van der Waals surface area contributed by atoms with E-state index in [1.807, 2.05) is 0 Å². The van der Waals surface area contributed by atoms with E-state index in [0.29, 0.717) is 6.07 Å². The van der Waals surface area contributed by atoms with Gasteiger partial charge in [0.1, 0.15) is 11.6 Å². The summed E-state index contributed by atoms with van der Waals surface area (Å²) in [6.45, 7) is 0. The van der Waals surface area contributed by atoms with Gasteiger partial charge in [-0.15, -0.1) is 0 Å². The number of rotatable bonds is 2. The van der Waals surface area contributed by atoms with Crippen molar-refractivity contribution in [3.63, 3.8) is 0 Å². The summed E-state index contributed by atoms with van der Waals surface area (Å²) < 4.78 is 39.9. The quantitative estimate of drug-likeness (QED) is 0.833. The van der Waals surface area contributed by atoms with Gasteiger partial charge in [-0.05, 0) is 30.3 Å². The molecule has 2 aromatic carbocycles. The second kappa shape index (κ2) is 5.42. The number of carbonyl (C=O) groups excluding carboxylic acids is 1. The van der Waals surface area contributed by atoms with Crippen molar-refractivity contribution in [1.29, 1.82) is 0 Å². The summed E-state index contributed by atoms with van der Waals surface area (Å²) in [5.74, 6) is -3.54. The molecular formula is C13H8ClF3N2O. The van der Waals surface area contributed by atoms with Crippen molar-refractivity contribution in [1.82, 2.24) is 0 Å². The van der Waals surface area contributed by atoms with Crippen molar-refractivity contribution in [2.75, 3.05) is 11.1 Å². The molecule has 0 aliphatic heterocycles. The molecule has 0 saturated heterocycles. The van der Waals surface area contributed by atoms with Gasteiger partial charge >= 0.3 is 0 Å². The molecule has 2 rings (SSSR count). The number of amides is 1. The monoisotopic (exact) mass is 300 g/mol. The number of carbonyl (C=O) groups is 1. The zero-order chi connectivity index (χ0) is 14.9. The first-order valence-electron chi connectivity index (χ1n) is 5.39. The molecule has 0 aliphatic carbocycles. The summed E-state index contributed by atoms with van der Waals surface area (Å²) in [6, 6.07) is 4.75. The minimum absolute atomic E-state index is 0.0160. The molecule has 0 aromatic heterocycles. The predicted octanol–water partition coefficient (Wildman–Crippen LogP) is 3.59. The lowest BCUT2D eigenvalue weighted by Crippen LogP contribution is -2.15. The van der Waals surface area contributed by atoms with Crippen LogP contribution in [0.5, 0.6) is 0 Å². The second-order valence-electron chi connectivity index (χ2n) is 3.97. The number of nitrogen functional groups attached to an aromatic ring is 1. The van der Waals surface area contributed by atoms with Gasteiger partial charge in [0.2, 0.25) is 0 Å². The Balaban J connectivity index is 2.33. The summed E-state index contributed by atoms with van der Waals surface area (Å²) >= 11 is 5.62. The molecule has 1 amide bonds. The number of halogens is 4. The molecule has 2 aromatic rings. The lowest BCUT2D eigenvalue weighted by molar-refractivity contribution is 0.102. The summed E-state index contributed by atoms with van der Waals surface area (Å²) in [5.41, 5.74) is 4.17. The predicted molar refractivity (Wildman–Crippen MR) is 70.1 cm³/mol. The van der Waals surface area contributed by atoms with E-state index in [2.05, 4.69) is 5.32 Å². The minimum atomic E-state index is -1.05. The van der Waals surface area contributed by atoms with E-state index in [-0.39, 0.29) is 10.7 Å². The zero-order valence-electron chi connectivity index (χ0n) is 9.88. The summed E-state index contributed by atoms with van der Waals surface area (Å²) in [6.07, 6.45) is 0. The van der Waals surface area contributed by atoms with Crippen molar-refractivity contribution in [2.45, 2.75) is 0 Å². The van der Waals surface area contributed by atoms with Gasteiger partial charge in [0.05, 0.1) is 11.3 Å². The molecule has 0 radical (unpaired) electrons. The molecule has 0 bridgehead atoms. The van der Waals surface area contributed by atoms with Gasteiger partial charge in [-0.3, -0.25) is 4.79 Å². The van der Waals surface area contributed by atoms with Gasteiger partial charge in [0.25, 0.3) is 5.91 Å². The maximum absolute atomic E-state index is 13.6. The number of nitrogens with two attached hydrogens (primary N) is 1. The summed E-state index contributed by atoms with van der Waals surface area (Å²) in [4.78, 5) is 11.8. The fraction of sp³-hybridized carbons (Fsp3) is 0. The van der Waals surface area contributed by atoms with Gasteiger partial charge in [-0.1, -0.05) is 11.6 Å². The van der Waals surface area contributed by atoms with Crippen LogP contribution in [0.15, 0.2) is 30.3 Å². The molecule has 0 spiro atoms. The molecule has 104 valence electrons. The van der Waals surface area contributed by atoms with Crippen molar-refractivity contribution in [3.05, 3.63) is 58.4 Å². The largest absolute Gasteiger partial charge is 0.396 e. The first kappa shape index (κ1) is 14.2. The lowest BCUT2D eigenvalue weighted by atomic mass is 10.1. The van der Waals surface area contributed by atoms with Crippen molar-refractivity contribution < 1.29 is 18.0 Å². The van der Waals surface area contributed by atoms with Crippen LogP contribution in [0.4, 0.5) is 24.5 Å². The van der Waals surface area contributed by atoms with Crippen LogP contribution in [-0.4, -0.2) is 5.91 Å². The molecule has 0 unspecified atom stereocenters. The van der Waals surface area contributed by atoms with Crippen molar-refractivity contribution in [3.8, 4) is 0 Å².